The molecule has 6 unspecified atom stereocenters. The molecule has 4 nitrogen and oxygen atoms in total. The molecule has 2 heterocycles. The molecule has 8 aliphatic rings. The predicted octanol–water partition coefficient (Wildman–Crippen LogP) is 3.52. The van der Waals surface area contributed by atoms with Crippen LogP contribution in [0.1, 0.15) is 67.2 Å². The van der Waals surface area contributed by atoms with Crippen molar-refractivity contribution in [3.63, 3.8) is 0 Å². The van der Waals surface area contributed by atoms with Crippen molar-refractivity contribution in [1.82, 2.24) is 0 Å². The highest BCUT2D eigenvalue weighted by Gasteiger charge is 2.73. The lowest BCUT2D eigenvalue weighted by Crippen LogP contribution is -2.65. The average Bonchev–Trinajstić information content (AvgIpc) is 3.09. The minimum Gasteiger partial charge on any atom is -0.407 e. The Balaban J connectivity index is 1.24. The Bertz CT molecular complexity index is 612. The summed E-state index contributed by atoms with van der Waals surface area (Å²) in [5.74, 6) is 2.70. The Morgan fingerprint density at radius 1 is 0.615 bits per heavy atom. The van der Waals surface area contributed by atoms with Crippen molar-refractivity contribution in [3.05, 3.63) is 0 Å². The van der Waals surface area contributed by atoms with Gasteiger partial charge in [-0.15, -0.1) is 0 Å². The molecule has 26 heavy (non-hydrogen) atoms. The van der Waals surface area contributed by atoms with Gasteiger partial charge in [0.15, 0.2) is 0 Å². The van der Waals surface area contributed by atoms with Gasteiger partial charge in [-0.1, -0.05) is 27.7 Å². The third-order valence-corrected chi connectivity index (χ3v) is 10.2. The van der Waals surface area contributed by atoms with Gasteiger partial charge in [-0.05, 0) is 74.0 Å². The number of hydrogen-bond donors (Lipinski definition) is 0. The first-order chi connectivity index (χ1) is 12.1. The molecule has 0 aromatic rings. The molecule has 4 bridgehead atoms. The summed E-state index contributed by atoms with van der Waals surface area (Å²) in [5.41, 5.74) is 0.357. The van der Waals surface area contributed by atoms with Gasteiger partial charge in [0, 0.05) is 0 Å². The van der Waals surface area contributed by atoms with Crippen LogP contribution in [0.2, 0.25) is 0 Å². The fourth-order valence-electron chi connectivity index (χ4n) is 8.03. The summed E-state index contributed by atoms with van der Waals surface area (Å²) in [5, 5.41) is 0. The third-order valence-electron chi connectivity index (χ3n) is 10.2. The van der Waals surface area contributed by atoms with Crippen LogP contribution in [0.15, 0.2) is 0 Å². The van der Waals surface area contributed by atoms with Crippen LogP contribution in [0.25, 0.3) is 0 Å². The maximum atomic E-state index is 6.60. The Hall–Kier alpha value is -0.0301. The van der Waals surface area contributed by atoms with E-state index in [2.05, 4.69) is 41.5 Å². The van der Waals surface area contributed by atoms with Gasteiger partial charge in [0.1, 0.15) is 0 Å². The van der Waals surface area contributed by atoms with Crippen LogP contribution in [0.4, 0.5) is 0 Å². The molecule has 142 valence electrons. The fraction of sp³-hybridized carbons (Fsp3) is 1.00. The number of hydrogen-bond acceptors (Lipinski definition) is 4. The van der Waals surface area contributed by atoms with Crippen LogP contribution >= 0.6 is 0 Å². The SMILES string of the molecule is CC1(C)C2CC3OB(B4OC5CC6CC(C6(C)C)[C@@]5(C)O4)O[C@]3(C)C1C2. The zero-order chi connectivity index (χ0) is 18.3. The highest BCUT2D eigenvalue weighted by molar-refractivity contribution is 7.11. The molecule has 8 rings (SSSR count). The van der Waals surface area contributed by atoms with Gasteiger partial charge in [0.05, 0.1) is 23.4 Å². The van der Waals surface area contributed by atoms with Crippen LogP contribution in [0, 0.1) is 34.5 Å². The Labute approximate surface area is 158 Å². The fourth-order valence-corrected chi connectivity index (χ4v) is 8.03. The molecule has 0 aromatic carbocycles. The summed E-state index contributed by atoms with van der Waals surface area (Å²) in [6.45, 7) is 14.1. The summed E-state index contributed by atoms with van der Waals surface area (Å²) in [7, 11) is -0.745. The first-order valence-electron chi connectivity index (χ1n) is 10.7. The minimum absolute atomic E-state index is 0.189. The van der Waals surface area contributed by atoms with E-state index >= 15 is 0 Å². The Morgan fingerprint density at radius 3 is 1.35 bits per heavy atom. The van der Waals surface area contributed by atoms with Gasteiger partial charge in [-0.25, -0.2) is 0 Å². The molecule has 0 aromatic heterocycles. The lowest BCUT2D eigenvalue weighted by molar-refractivity contribution is -0.200. The zero-order valence-electron chi connectivity index (χ0n) is 17.1. The van der Waals surface area contributed by atoms with Crippen molar-refractivity contribution < 1.29 is 18.6 Å². The van der Waals surface area contributed by atoms with E-state index in [-0.39, 0.29) is 37.4 Å². The molecule has 8 atom stereocenters. The van der Waals surface area contributed by atoms with Crippen LogP contribution in [-0.2, 0) is 18.6 Å². The van der Waals surface area contributed by atoms with E-state index in [1.54, 1.807) is 0 Å². The van der Waals surface area contributed by atoms with E-state index in [0.717, 1.165) is 24.7 Å². The van der Waals surface area contributed by atoms with Crippen molar-refractivity contribution in [1.29, 1.82) is 0 Å². The Kier molecular flexibility index (Phi) is 2.97. The predicted molar refractivity (Wildman–Crippen MR) is 100 cm³/mol. The second-order valence-electron chi connectivity index (χ2n) is 11.7. The molecule has 2 aliphatic heterocycles. The van der Waals surface area contributed by atoms with E-state index < -0.39 is 0 Å². The number of rotatable bonds is 1. The molecule has 2 saturated heterocycles. The van der Waals surface area contributed by atoms with Crippen LogP contribution in [0.5, 0.6) is 0 Å². The summed E-state index contributed by atoms with van der Waals surface area (Å²) in [6.07, 6.45) is 5.17. The normalized spacial score (nSPS) is 57.9. The molecule has 6 heteroatoms. The highest BCUT2D eigenvalue weighted by atomic mass is 16.7. The second-order valence-corrected chi connectivity index (χ2v) is 11.7. The highest BCUT2D eigenvalue weighted by Crippen LogP contribution is 2.67. The van der Waals surface area contributed by atoms with Gasteiger partial charge in [-0.3, -0.25) is 0 Å². The summed E-state index contributed by atoms with van der Waals surface area (Å²) in [6, 6.07) is 0. The van der Waals surface area contributed by atoms with Gasteiger partial charge < -0.3 is 18.6 Å². The first kappa shape index (κ1) is 16.9. The van der Waals surface area contributed by atoms with Crippen LogP contribution < -0.4 is 0 Å². The van der Waals surface area contributed by atoms with Gasteiger partial charge in [0.2, 0.25) is 0 Å². The van der Waals surface area contributed by atoms with Gasteiger partial charge in [-0.2, -0.15) is 0 Å². The van der Waals surface area contributed by atoms with Gasteiger partial charge >= 0.3 is 14.0 Å². The van der Waals surface area contributed by atoms with Crippen molar-refractivity contribution in [2.45, 2.75) is 90.6 Å². The second kappa shape index (κ2) is 4.58. The maximum absolute atomic E-state index is 6.60. The molecular weight excluding hydrogens is 326 g/mol. The smallest absolute Gasteiger partial charge is 0.407 e. The van der Waals surface area contributed by atoms with E-state index in [0.29, 0.717) is 22.7 Å². The minimum atomic E-state index is -0.372. The van der Waals surface area contributed by atoms with Crippen molar-refractivity contribution >= 4 is 14.0 Å². The van der Waals surface area contributed by atoms with Crippen LogP contribution in [0.3, 0.4) is 0 Å². The molecule has 6 saturated carbocycles. The summed E-state index contributed by atoms with van der Waals surface area (Å²) in [4.78, 5) is 0. The molecular formula is C20H32B2O4. The largest absolute Gasteiger partial charge is 0.488 e. The van der Waals surface area contributed by atoms with E-state index in [9.17, 15) is 0 Å². The molecule has 8 fully saturated rings. The van der Waals surface area contributed by atoms with E-state index in [1.165, 1.54) is 12.8 Å². The quantitative estimate of drug-likeness (QED) is 0.673. The average molecular weight is 358 g/mol. The third kappa shape index (κ3) is 1.71. The summed E-state index contributed by atoms with van der Waals surface area (Å²) >= 11 is 0. The molecule has 6 aliphatic carbocycles. The lowest BCUT2D eigenvalue weighted by Gasteiger charge is -2.64. The first-order valence-corrected chi connectivity index (χ1v) is 10.7. The molecule has 0 amide bonds. The zero-order valence-corrected chi connectivity index (χ0v) is 17.1. The monoisotopic (exact) mass is 358 g/mol. The summed E-state index contributed by atoms with van der Waals surface area (Å²) < 4.78 is 26.1. The van der Waals surface area contributed by atoms with Crippen molar-refractivity contribution in [2.24, 2.45) is 34.5 Å². The molecule has 0 N–H and O–H groups in total. The topological polar surface area (TPSA) is 36.9 Å². The molecule has 0 radical (unpaired) electrons. The molecule has 0 spiro atoms. The van der Waals surface area contributed by atoms with Gasteiger partial charge in [0.25, 0.3) is 0 Å². The standard InChI is InChI=1S/C20H32B2O4/c1-17(2)11-7-13(17)19(5)15(9-11)23-21(25-19)22-24-16-10-12-8-14(18(12,3)4)20(16,6)26-22/h11-16H,7-10H2,1-6H3/t11?,12?,13?,14?,15?,16?,19-,20-/m1/s1. The van der Waals surface area contributed by atoms with Crippen LogP contribution in [-0.4, -0.2) is 37.4 Å². The van der Waals surface area contributed by atoms with E-state index in [4.69, 9.17) is 18.6 Å². The van der Waals surface area contributed by atoms with E-state index in [1.807, 2.05) is 0 Å². The Morgan fingerprint density at radius 2 is 1.00 bits per heavy atom. The lowest BCUT2D eigenvalue weighted by atomic mass is 9.43. The van der Waals surface area contributed by atoms with Crippen molar-refractivity contribution in [2.75, 3.05) is 0 Å². The maximum Gasteiger partial charge on any atom is 0.488 e. The van der Waals surface area contributed by atoms with Crippen molar-refractivity contribution in [3.8, 4) is 0 Å².